The maximum Gasteiger partial charge on any atom is 0.240 e. The molecule has 17 heavy (non-hydrogen) atoms. The third-order valence-electron chi connectivity index (χ3n) is 4.83. The Morgan fingerprint density at radius 3 is 2.53 bits per heavy atom. The molecule has 3 nitrogen and oxygen atoms in total. The molecule has 0 bridgehead atoms. The molecule has 2 saturated carbocycles. The van der Waals surface area contributed by atoms with E-state index < -0.39 is 0 Å². The Morgan fingerprint density at radius 2 is 1.88 bits per heavy atom. The molecule has 1 N–H and O–H groups in total. The van der Waals surface area contributed by atoms with E-state index in [1.165, 1.54) is 38.5 Å². The van der Waals surface area contributed by atoms with Crippen LogP contribution in [0, 0.1) is 5.92 Å². The van der Waals surface area contributed by atoms with Crippen LogP contribution in [0.15, 0.2) is 0 Å². The van der Waals surface area contributed by atoms with Gasteiger partial charge in [0.05, 0.1) is 6.04 Å². The van der Waals surface area contributed by atoms with E-state index in [4.69, 9.17) is 0 Å². The average Bonchev–Trinajstić information content (AvgIpc) is 2.85. The van der Waals surface area contributed by atoms with Crippen molar-refractivity contribution in [1.29, 1.82) is 0 Å². The molecule has 0 aromatic carbocycles. The lowest BCUT2D eigenvalue weighted by atomic mass is 9.98. The largest absolute Gasteiger partial charge is 0.338 e. The molecule has 96 valence electrons. The van der Waals surface area contributed by atoms with Crippen molar-refractivity contribution in [2.45, 2.75) is 70.0 Å². The van der Waals surface area contributed by atoms with Gasteiger partial charge in [-0.15, -0.1) is 0 Å². The summed E-state index contributed by atoms with van der Waals surface area (Å²) in [6.07, 6.45) is 8.93. The van der Waals surface area contributed by atoms with Gasteiger partial charge >= 0.3 is 0 Å². The highest BCUT2D eigenvalue weighted by Gasteiger charge is 2.39. The molecule has 1 heterocycles. The molecular weight excluding hydrogens is 212 g/mol. The number of nitrogens with zero attached hydrogens (tertiary/aromatic N) is 1. The Labute approximate surface area is 104 Å². The van der Waals surface area contributed by atoms with Gasteiger partial charge in [-0.05, 0) is 44.9 Å². The van der Waals surface area contributed by atoms with Crippen LogP contribution < -0.4 is 5.32 Å². The molecule has 2 atom stereocenters. The van der Waals surface area contributed by atoms with E-state index in [9.17, 15) is 4.79 Å². The molecule has 1 amide bonds. The van der Waals surface area contributed by atoms with Crippen molar-refractivity contribution < 1.29 is 4.79 Å². The van der Waals surface area contributed by atoms with Crippen molar-refractivity contribution >= 4 is 5.91 Å². The number of likely N-dealkylation sites (tertiary alicyclic amines) is 1. The summed E-state index contributed by atoms with van der Waals surface area (Å²) in [6.45, 7) is 3.23. The van der Waals surface area contributed by atoms with E-state index >= 15 is 0 Å². The lowest BCUT2D eigenvalue weighted by Crippen LogP contribution is -2.44. The normalized spacial score (nSPS) is 32.4. The van der Waals surface area contributed by atoms with Crippen LogP contribution in [-0.4, -0.2) is 35.5 Å². The highest BCUT2D eigenvalue weighted by atomic mass is 16.2. The lowest BCUT2D eigenvalue weighted by molar-refractivity contribution is -0.132. The van der Waals surface area contributed by atoms with Gasteiger partial charge in [0.15, 0.2) is 0 Å². The quantitative estimate of drug-likeness (QED) is 0.809. The second kappa shape index (κ2) is 4.60. The predicted molar refractivity (Wildman–Crippen MR) is 67.7 cm³/mol. The van der Waals surface area contributed by atoms with E-state index in [0.717, 1.165) is 18.9 Å². The standard InChI is InChI=1S/C14H24N2O/c1-10(11-4-2-3-5-11)16-9-8-13(14(16)17)15-12-6-7-12/h10-13,15H,2-9H2,1H3. The van der Waals surface area contributed by atoms with Gasteiger partial charge in [-0.1, -0.05) is 12.8 Å². The minimum Gasteiger partial charge on any atom is -0.338 e. The molecule has 1 aliphatic heterocycles. The third-order valence-corrected chi connectivity index (χ3v) is 4.83. The van der Waals surface area contributed by atoms with Crippen LogP contribution in [0.1, 0.15) is 51.9 Å². The minimum absolute atomic E-state index is 0.131. The summed E-state index contributed by atoms with van der Waals surface area (Å²) in [5.74, 6) is 1.13. The Balaban J connectivity index is 1.57. The molecule has 3 heteroatoms. The van der Waals surface area contributed by atoms with E-state index in [1.54, 1.807) is 0 Å². The Kier molecular flexibility index (Phi) is 3.12. The summed E-state index contributed by atoms with van der Waals surface area (Å²) in [4.78, 5) is 14.5. The second-order valence-corrected chi connectivity index (χ2v) is 6.10. The molecule has 0 spiro atoms. The maximum atomic E-state index is 12.3. The average molecular weight is 236 g/mol. The fourth-order valence-corrected chi connectivity index (χ4v) is 3.49. The highest BCUT2D eigenvalue weighted by molar-refractivity contribution is 5.84. The number of nitrogens with one attached hydrogen (secondary N) is 1. The number of carbonyl (C=O) groups excluding carboxylic acids is 1. The fraction of sp³-hybridized carbons (Fsp3) is 0.929. The van der Waals surface area contributed by atoms with E-state index in [0.29, 0.717) is 18.0 Å². The van der Waals surface area contributed by atoms with Crippen LogP contribution in [0.25, 0.3) is 0 Å². The number of amides is 1. The Hall–Kier alpha value is -0.570. The molecule has 0 aromatic heterocycles. The summed E-state index contributed by atoms with van der Waals surface area (Å²) in [5.41, 5.74) is 0. The molecule has 2 aliphatic carbocycles. The molecule has 0 radical (unpaired) electrons. The van der Waals surface area contributed by atoms with Gasteiger partial charge in [-0.3, -0.25) is 4.79 Å². The molecule has 1 saturated heterocycles. The monoisotopic (exact) mass is 236 g/mol. The Morgan fingerprint density at radius 1 is 1.18 bits per heavy atom. The molecular formula is C14H24N2O. The Bertz CT molecular complexity index is 295. The van der Waals surface area contributed by atoms with E-state index in [2.05, 4.69) is 17.1 Å². The van der Waals surface area contributed by atoms with Gasteiger partial charge in [0.2, 0.25) is 5.91 Å². The van der Waals surface area contributed by atoms with Crippen LogP contribution in [0.3, 0.4) is 0 Å². The van der Waals surface area contributed by atoms with Gasteiger partial charge < -0.3 is 10.2 Å². The van der Waals surface area contributed by atoms with E-state index in [1.807, 2.05) is 0 Å². The van der Waals surface area contributed by atoms with Crippen LogP contribution in [0.5, 0.6) is 0 Å². The van der Waals surface area contributed by atoms with Crippen LogP contribution in [0.4, 0.5) is 0 Å². The van der Waals surface area contributed by atoms with Crippen molar-refractivity contribution in [2.24, 2.45) is 5.92 Å². The summed E-state index contributed by atoms with van der Waals surface area (Å²) in [6, 6.07) is 1.24. The summed E-state index contributed by atoms with van der Waals surface area (Å²) >= 11 is 0. The van der Waals surface area contributed by atoms with Crippen molar-refractivity contribution in [3.63, 3.8) is 0 Å². The fourth-order valence-electron chi connectivity index (χ4n) is 3.49. The smallest absolute Gasteiger partial charge is 0.240 e. The maximum absolute atomic E-state index is 12.3. The molecule has 2 unspecified atom stereocenters. The topological polar surface area (TPSA) is 32.3 Å². The first kappa shape index (κ1) is 11.5. The number of carbonyl (C=O) groups is 1. The van der Waals surface area contributed by atoms with Crippen molar-refractivity contribution in [2.75, 3.05) is 6.54 Å². The zero-order valence-electron chi connectivity index (χ0n) is 10.8. The van der Waals surface area contributed by atoms with Crippen LogP contribution in [-0.2, 0) is 4.79 Å². The van der Waals surface area contributed by atoms with Crippen molar-refractivity contribution in [1.82, 2.24) is 10.2 Å². The first-order chi connectivity index (χ1) is 8.25. The van der Waals surface area contributed by atoms with Gasteiger partial charge in [0, 0.05) is 18.6 Å². The van der Waals surface area contributed by atoms with Crippen LogP contribution >= 0.6 is 0 Å². The second-order valence-electron chi connectivity index (χ2n) is 6.10. The predicted octanol–water partition coefficient (Wildman–Crippen LogP) is 1.92. The van der Waals surface area contributed by atoms with Crippen LogP contribution in [0.2, 0.25) is 0 Å². The SMILES string of the molecule is CC(C1CCCC1)N1CCC(NC2CC2)C1=O. The van der Waals surface area contributed by atoms with Gasteiger partial charge in [-0.2, -0.15) is 0 Å². The zero-order valence-corrected chi connectivity index (χ0v) is 10.8. The van der Waals surface area contributed by atoms with Crippen molar-refractivity contribution in [3.8, 4) is 0 Å². The third kappa shape index (κ3) is 2.35. The summed E-state index contributed by atoms with van der Waals surface area (Å²) in [5, 5.41) is 3.49. The number of rotatable bonds is 4. The van der Waals surface area contributed by atoms with Gasteiger partial charge in [0.1, 0.15) is 0 Å². The number of hydrogen-bond donors (Lipinski definition) is 1. The molecule has 0 aromatic rings. The zero-order chi connectivity index (χ0) is 11.8. The summed E-state index contributed by atoms with van der Waals surface area (Å²) < 4.78 is 0. The first-order valence-corrected chi connectivity index (χ1v) is 7.32. The lowest BCUT2D eigenvalue weighted by Gasteiger charge is -2.29. The summed E-state index contributed by atoms with van der Waals surface area (Å²) in [7, 11) is 0. The molecule has 3 fully saturated rings. The van der Waals surface area contributed by atoms with Gasteiger partial charge in [0.25, 0.3) is 0 Å². The first-order valence-electron chi connectivity index (χ1n) is 7.32. The highest BCUT2D eigenvalue weighted by Crippen LogP contribution is 2.32. The minimum atomic E-state index is 0.131. The van der Waals surface area contributed by atoms with Gasteiger partial charge in [-0.25, -0.2) is 0 Å². The molecule has 3 aliphatic rings. The van der Waals surface area contributed by atoms with Crippen molar-refractivity contribution in [3.05, 3.63) is 0 Å². The molecule has 3 rings (SSSR count). The number of hydrogen-bond acceptors (Lipinski definition) is 2. The van der Waals surface area contributed by atoms with E-state index in [-0.39, 0.29) is 6.04 Å².